The summed E-state index contributed by atoms with van der Waals surface area (Å²) < 4.78 is 30.6. The number of nitrogens with one attached hydrogen (secondary N) is 1. The summed E-state index contributed by atoms with van der Waals surface area (Å²) in [4.78, 5) is 8.79. The minimum atomic E-state index is -3.79. The van der Waals surface area contributed by atoms with Gasteiger partial charge in [-0.1, -0.05) is 24.3 Å². The number of para-hydroxylation sites is 1. The van der Waals surface area contributed by atoms with E-state index < -0.39 is 10.0 Å². The molecule has 4 rings (SSSR count). The lowest BCUT2D eigenvalue weighted by Gasteiger charge is -2.12. The first-order valence-corrected chi connectivity index (χ1v) is 10.7. The fourth-order valence-corrected chi connectivity index (χ4v) is 4.52. The molecule has 0 bridgehead atoms. The van der Waals surface area contributed by atoms with E-state index in [1.165, 1.54) is 0 Å². The Morgan fingerprint density at radius 2 is 1.83 bits per heavy atom. The highest BCUT2D eigenvalue weighted by Crippen LogP contribution is 2.24. The molecule has 0 aliphatic carbocycles. The lowest BCUT2D eigenvalue weighted by molar-refractivity contribution is 0.602. The third-order valence-electron chi connectivity index (χ3n) is 4.57. The van der Waals surface area contributed by atoms with Crippen LogP contribution < -0.4 is 4.72 Å². The van der Waals surface area contributed by atoms with E-state index in [1.54, 1.807) is 35.1 Å². The summed E-state index contributed by atoms with van der Waals surface area (Å²) in [5.41, 5.74) is 2.84. The maximum Gasteiger partial charge on any atom is 0.264 e. The van der Waals surface area contributed by atoms with Crippen molar-refractivity contribution in [1.82, 2.24) is 19.7 Å². The van der Waals surface area contributed by atoms with Crippen LogP contribution in [-0.2, 0) is 16.6 Å². The normalized spacial score (nSPS) is 11.7. The van der Waals surface area contributed by atoms with E-state index in [9.17, 15) is 8.42 Å². The Morgan fingerprint density at radius 3 is 2.59 bits per heavy atom. The van der Waals surface area contributed by atoms with Crippen molar-refractivity contribution in [1.29, 1.82) is 0 Å². The van der Waals surface area contributed by atoms with Gasteiger partial charge < -0.3 is 0 Å². The van der Waals surface area contributed by atoms with Crippen LogP contribution in [0, 0.1) is 20.8 Å². The van der Waals surface area contributed by atoms with Gasteiger partial charge in [-0.25, -0.2) is 18.1 Å². The van der Waals surface area contributed by atoms with Crippen molar-refractivity contribution in [2.75, 3.05) is 4.72 Å². The van der Waals surface area contributed by atoms with E-state index in [4.69, 9.17) is 0 Å². The molecule has 2 aromatic heterocycles. The number of aromatic nitrogens is 4. The van der Waals surface area contributed by atoms with Gasteiger partial charge in [0.05, 0.1) is 12.1 Å². The molecular formula is C21H21N5O2S. The average Bonchev–Trinajstić information content (AvgIpc) is 2.97. The Hall–Kier alpha value is -3.26. The Labute approximate surface area is 169 Å². The number of pyridine rings is 1. The number of hydrogen-bond donors (Lipinski definition) is 1. The third-order valence-corrected chi connectivity index (χ3v) is 5.99. The molecule has 0 fully saturated rings. The molecule has 0 unspecified atom stereocenters. The summed E-state index contributed by atoms with van der Waals surface area (Å²) in [5, 5.41) is 5.15. The van der Waals surface area contributed by atoms with Crippen LogP contribution in [0.25, 0.3) is 10.9 Å². The highest BCUT2D eigenvalue weighted by molar-refractivity contribution is 7.93. The molecule has 8 heteroatoms. The summed E-state index contributed by atoms with van der Waals surface area (Å²) in [6.45, 7) is 6.17. The van der Waals surface area contributed by atoms with Crippen molar-refractivity contribution < 1.29 is 8.42 Å². The Morgan fingerprint density at radius 1 is 1.03 bits per heavy atom. The summed E-state index contributed by atoms with van der Waals surface area (Å²) >= 11 is 0. The van der Waals surface area contributed by atoms with Gasteiger partial charge in [0.25, 0.3) is 10.0 Å². The molecule has 0 amide bonds. The van der Waals surface area contributed by atoms with Crippen molar-refractivity contribution in [3.05, 3.63) is 77.5 Å². The highest BCUT2D eigenvalue weighted by atomic mass is 32.2. The second kappa shape index (κ2) is 7.29. The molecule has 148 valence electrons. The van der Waals surface area contributed by atoms with Crippen molar-refractivity contribution in [2.45, 2.75) is 32.2 Å². The number of rotatable bonds is 5. The van der Waals surface area contributed by atoms with E-state index in [0.717, 1.165) is 22.3 Å². The predicted octanol–water partition coefficient (Wildman–Crippen LogP) is 3.60. The molecule has 0 saturated heterocycles. The molecule has 0 radical (unpaired) electrons. The van der Waals surface area contributed by atoms with Crippen LogP contribution in [-0.4, -0.2) is 28.2 Å². The van der Waals surface area contributed by atoms with Gasteiger partial charge >= 0.3 is 0 Å². The Bertz CT molecular complexity index is 1310. The Balaban J connectivity index is 1.65. The first kappa shape index (κ1) is 19.1. The standard InChI is InChI=1S/C21H21N5O2S/c1-14-10-18-7-5-9-20(21(18)22-12-14)29(27,28)25-19-8-4-6-17(11-19)13-26-16(3)23-15(2)24-26/h4-12,25H,13H2,1-3H3. The van der Waals surface area contributed by atoms with Crippen molar-refractivity contribution in [3.8, 4) is 0 Å². The van der Waals surface area contributed by atoms with Crippen molar-refractivity contribution in [2.24, 2.45) is 0 Å². The van der Waals surface area contributed by atoms with Crippen LogP contribution in [0.2, 0.25) is 0 Å². The van der Waals surface area contributed by atoms with Crippen LogP contribution in [0.5, 0.6) is 0 Å². The first-order valence-electron chi connectivity index (χ1n) is 9.17. The Kier molecular flexibility index (Phi) is 4.79. The lowest BCUT2D eigenvalue weighted by atomic mass is 10.2. The summed E-state index contributed by atoms with van der Waals surface area (Å²) in [6.07, 6.45) is 1.67. The van der Waals surface area contributed by atoms with Gasteiger partial charge in [0.2, 0.25) is 0 Å². The van der Waals surface area contributed by atoms with Crippen molar-refractivity contribution in [3.63, 3.8) is 0 Å². The van der Waals surface area contributed by atoms with Gasteiger partial charge in [-0.05, 0) is 56.2 Å². The van der Waals surface area contributed by atoms with Gasteiger partial charge in [-0.15, -0.1) is 0 Å². The van der Waals surface area contributed by atoms with E-state index in [-0.39, 0.29) is 4.90 Å². The summed E-state index contributed by atoms with van der Waals surface area (Å²) in [7, 11) is -3.79. The van der Waals surface area contributed by atoms with Crippen LogP contribution in [0.1, 0.15) is 22.8 Å². The zero-order valence-electron chi connectivity index (χ0n) is 16.4. The minimum Gasteiger partial charge on any atom is -0.280 e. The van der Waals surface area contributed by atoms with Gasteiger partial charge in [-0.3, -0.25) is 9.71 Å². The van der Waals surface area contributed by atoms with E-state index in [1.807, 2.05) is 45.0 Å². The maximum absolute atomic E-state index is 13.0. The lowest BCUT2D eigenvalue weighted by Crippen LogP contribution is -2.14. The van der Waals surface area contributed by atoms with Crippen LogP contribution >= 0.6 is 0 Å². The zero-order chi connectivity index (χ0) is 20.6. The number of fused-ring (bicyclic) bond motifs is 1. The highest BCUT2D eigenvalue weighted by Gasteiger charge is 2.18. The molecule has 0 aliphatic rings. The minimum absolute atomic E-state index is 0.156. The molecule has 0 atom stereocenters. The van der Waals surface area contributed by atoms with Gasteiger partial charge in [0.15, 0.2) is 0 Å². The SMILES string of the molecule is Cc1cnc2c(S(=O)(=O)Nc3cccc(Cn4nc(C)nc4C)c3)cccc2c1. The third kappa shape index (κ3) is 3.97. The second-order valence-electron chi connectivity index (χ2n) is 7.01. The molecule has 7 nitrogen and oxygen atoms in total. The fourth-order valence-electron chi connectivity index (χ4n) is 3.29. The van der Waals surface area contributed by atoms with Gasteiger partial charge in [0.1, 0.15) is 16.5 Å². The van der Waals surface area contributed by atoms with Gasteiger partial charge in [0, 0.05) is 17.3 Å². The molecule has 0 aliphatic heterocycles. The molecular weight excluding hydrogens is 386 g/mol. The number of hydrogen-bond acceptors (Lipinski definition) is 5. The molecule has 29 heavy (non-hydrogen) atoms. The van der Waals surface area contributed by atoms with Gasteiger partial charge in [-0.2, -0.15) is 5.10 Å². The largest absolute Gasteiger partial charge is 0.280 e. The predicted molar refractivity (Wildman–Crippen MR) is 112 cm³/mol. The summed E-state index contributed by atoms with van der Waals surface area (Å²) in [5.74, 6) is 1.52. The molecule has 0 saturated carbocycles. The topological polar surface area (TPSA) is 89.8 Å². The fraction of sp³-hybridized carbons (Fsp3) is 0.190. The average molecular weight is 407 g/mol. The smallest absolute Gasteiger partial charge is 0.264 e. The number of nitrogens with zero attached hydrogens (tertiary/aromatic N) is 4. The quantitative estimate of drug-likeness (QED) is 0.546. The zero-order valence-corrected chi connectivity index (χ0v) is 17.2. The first-order chi connectivity index (χ1) is 13.8. The van der Waals surface area contributed by atoms with Crippen molar-refractivity contribution >= 4 is 26.6 Å². The number of anilines is 1. The maximum atomic E-state index is 13.0. The second-order valence-corrected chi connectivity index (χ2v) is 8.66. The number of benzene rings is 2. The molecule has 2 heterocycles. The van der Waals surface area contributed by atoms with Crippen LogP contribution in [0.4, 0.5) is 5.69 Å². The van der Waals surface area contributed by atoms with Crippen LogP contribution in [0.15, 0.2) is 59.6 Å². The number of sulfonamides is 1. The molecule has 2 aromatic carbocycles. The molecule has 1 N–H and O–H groups in total. The molecule has 4 aromatic rings. The molecule has 0 spiro atoms. The van der Waals surface area contributed by atoms with E-state index in [2.05, 4.69) is 19.8 Å². The van der Waals surface area contributed by atoms with E-state index in [0.29, 0.717) is 23.6 Å². The monoisotopic (exact) mass is 407 g/mol. The van der Waals surface area contributed by atoms with Crippen LogP contribution in [0.3, 0.4) is 0 Å². The van der Waals surface area contributed by atoms with E-state index >= 15 is 0 Å². The summed E-state index contributed by atoms with van der Waals surface area (Å²) in [6, 6.07) is 14.3. The number of aryl methyl sites for hydroxylation is 3.